The summed E-state index contributed by atoms with van der Waals surface area (Å²) in [5, 5.41) is 44.0. The Kier molecular flexibility index (Phi) is 5.43. The maximum absolute atomic E-state index is 11.9. The quantitative estimate of drug-likeness (QED) is 0.399. The number of non-ortho nitro benzene ring substituents is 1. The lowest BCUT2D eigenvalue weighted by Crippen LogP contribution is -2.20. The average Bonchev–Trinajstić information content (AvgIpc) is 2.56. The molecular weight excluding hydrogens is 348 g/mol. The van der Waals surface area contributed by atoms with Crippen molar-refractivity contribution in [1.82, 2.24) is 5.43 Å². The number of rotatable bonds is 6. The fourth-order valence-corrected chi connectivity index (χ4v) is 2.01. The van der Waals surface area contributed by atoms with Gasteiger partial charge in [-0.05, 0) is 18.2 Å². The van der Waals surface area contributed by atoms with E-state index in [0.717, 1.165) is 30.5 Å². The van der Waals surface area contributed by atoms with Crippen LogP contribution >= 0.6 is 0 Å². The molecule has 134 valence electrons. The second-order valence-electron chi connectivity index (χ2n) is 5.04. The zero-order valence-electron chi connectivity index (χ0n) is 13.0. The predicted octanol–water partition coefficient (Wildman–Crippen LogP) is 1.61. The smallest absolute Gasteiger partial charge is 0.279 e. The SMILES string of the molecule is O=C(Cc1ccc([N+](=O)[O-])cc1[N+](=O)[O-])NN=Cc1ccc(O)cc1O. The molecule has 0 saturated heterocycles. The Bertz CT molecular complexity index is 911. The topological polar surface area (TPSA) is 168 Å². The van der Waals surface area contributed by atoms with Gasteiger partial charge in [-0.25, -0.2) is 5.43 Å². The summed E-state index contributed by atoms with van der Waals surface area (Å²) in [5.74, 6) is -1.10. The summed E-state index contributed by atoms with van der Waals surface area (Å²) in [7, 11) is 0. The maximum Gasteiger partial charge on any atom is 0.279 e. The van der Waals surface area contributed by atoms with E-state index in [4.69, 9.17) is 5.11 Å². The number of carbonyl (C=O) groups is 1. The highest BCUT2D eigenvalue weighted by Gasteiger charge is 2.20. The largest absolute Gasteiger partial charge is 0.508 e. The van der Waals surface area contributed by atoms with Gasteiger partial charge in [-0.1, -0.05) is 0 Å². The van der Waals surface area contributed by atoms with E-state index in [-0.39, 0.29) is 22.6 Å². The molecule has 26 heavy (non-hydrogen) atoms. The van der Waals surface area contributed by atoms with Gasteiger partial charge in [-0.15, -0.1) is 0 Å². The number of nitrogens with one attached hydrogen (secondary N) is 1. The zero-order valence-corrected chi connectivity index (χ0v) is 13.0. The van der Waals surface area contributed by atoms with Crippen molar-refractivity contribution in [2.45, 2.75) is 6.42 Å². The second-order valence-corrected chi connectivity index (χ2v) is 5.04. The third-order valence-electron chi connectivity index (χ3n) is 3.23. The molecule has 0 spiro atoms. The van der Waals surface area contributed by atoms with Crippen LogP contribution < -0.4 is 5.43 Å². The van der Waals surface area contributed by atoms with Crippen LogP contribution in [0.15, 0.2) is 41.5 Å². The van der Waals surface area contributed by atoms with Crippen molar-refractivity contribution >= 4 is 23.5 Å². The summed E-state index contributed by atoms with van der Waals surface area (Å²) in [5.41, 5.74) is 1.34. The van der Waals surface area contributed by atoms with Crippen LogP contribution in [0.2, 0.25) is 0 Å². The summed E-state index contributed by atoms with van der Waals surface area (Å²) < 4.78 is 0. The Morgan fingerprint density at radius 1 is 1.12 bits per heavy atom. The Morgan fingerprint density at radius 3 is 2.46 bits per heavy atom. The molecule has 0 fully saturated rings. The molecule has 0 aromatic heterocycles. The molecule has 0 saturated carbocycles. The molecule has 2 aromatic rings. The van der Waals surface area contributed by atoms with Crippen molar-refractivity contribution < 1.29 is 24.9 Å². The summed E-state index contributed by atoms with van der Waals surface area (Å²) in [6.45, 7) is 0. The Balaban J connectivity index is 2.09. The normalized spacial score (nSPS) is 10.6. The number of phenols is 2. The molecule has 0 aliphatic rings. The molecule has 0 radical (unpaired) electrons. The minimum Gasteiger partial charge on any atom is -0.508 e. The Morgan fingerprint density at radius 2 is 1.85 bits per heavy atom. The fraction of sp³-hybridized carbons (Fsp3) is 0.0667. The number of hydrogen-bond acceptors (Lipinski definition) is 8. The second kappa shape index (κ2) is 7.70. The maximum atomic E-state index is 11.9. The standard InChI is InChI=1S/C15H12N4O7/c20-12-4-2-10(14(21)7-12)8-16-17-15(22)5-9-1-3-11(18(23)24)6-13(9)19(25)26/h1-4,6-8,20-21H,5H2,(H,17,22). The van der Waals surface area contributed by atoms with Gasteiger partial charge in [-0.2, -0.15) is 5.10 Å². The number of carbonyl (C=O) groups excluding carboxylic acids is 1. The molecule has 11 nitrogen and oxygen atoms in total. The highest BCUT2D eigenvalue weighted by Crippen LogP contribution is 2.25. The molecule has 0 bridgehead atoms. The molecule has 0 aliphatic carbocycles. The number of phenolic OH excluding ortho intramolecular Hbond substituents is 2. The van der Waals surface area contributed by atoms with E-state index in [0.29, 0.717) is 0 Å². The molecule has 11 heteroatoms. The van der Waals surface area contributed by atoms with E-state index in [1.807, 2.05) is 0 Å². The third-order valence-corrected chi connectivity index (χ3v) is 3.23. The van der Waals surface area contributed by atoms with E-state index >= 15 is 0 Å². The first kappa shape index (κ1) is 18.3. The van der Waals surface area contributed by atoms with Crippen LogP contribution in [-0.2, 0) is 11.2 Å². The molecular formula is C15H12N4O7. The summed E-state index contributed by atoms with van der Waals surface area (Å²) in [4.78, 5) is 32.0. The molecule has 0 heterocycles. The lowest BCUT2D eigenvalue weighted by atomic mass is 10.1. The monoisotopic (exact) mass is 360 g/mol. The molecule has 3 N–H and O–H groups in total. The first-order valence-corrected chi connectivity index (χ1v) is 7.03. The number of aromatic hydroxyl groups is 2. The van der Waals surface area contributed by atoms with Crippen molar-refractivity contribution in [3.63, 3.8) is 0 Å². The number of hydrogen-bond donors (Lipinski definition) is 3. The number of benzene rings is 2. The Hall–Kier alpha value is -4.02. The van der Waals surface area contributed by atoms with E-state index in [2.05, 4.69) is 10.5 Å². The summed E-state index contributed by atoms with van der Waals surface area (Å²) >= 11 is 0. The fourth-order valence-electron chi connectivity index (χ4n) is 2.01. The van der Waals surface area contributed by atoms with Crippen molar-refractivity contribution in [2.75, 3.05) is 0 Å². The van der Waals surface area contributed by atoms with Crippen LogP contribution in [0.25, 0.3) is 0 Å². The van der Waals surface area contributed by atoms with Crippen molar-refractivity contribution in [1.29, 1.82) is 0 Å². The van der Waals surface area contributed by atoms with Gasteiger partial charge in [0.15, 0.2) is 0 Å². The van der Waals surface area contributed by atoms with Gasteiger partial charge in [0.05, 0.1) is 28.5 Å². The molecule has 2 aromatic carbocycles. The minimum atomic E-state index is -0.812. The number of hydrazone groups is 1. The van der Waals surface area contributed by atoms with Gasteiger partial charge >= 0.3 is 0 Å². The van der Waals surface area contributed by atoms with Crippen LogP contribution in [0.5, 0.6) is 11.5 Å². The van der Waals surface area contributed by atoms with Crippen LogP contribution in [0.3, 0.4) is 0 Å². The van der Waals surface area contributed by atoms with Crippen molar-refractivity contribution in [3.8, 4) is 11.5 Å². The molecule has 0 atom stereocenters. The number of nitrogens with zero attached hydrogens (tertiary/aromatic N) is 3. The highest BCUT2D eigenvalue weighted by atomic mass is 16.6. The Labute approximate surface area is 145 Å². The predicted molar refractivity (Wildman–Crippen MR) is 89.0 cm³/mol. The van der Waals surface area contributed by atoms with Crippen LogP contribution in [0.4, 0.5) is 11.4 Å². The van der Waals surface area contributed by atoms with Gasteiger partial charge < -0.3 is 10.2 Å². The highest BCUT2D eigenvalue weighted by molar-refractivity contribution is 5.86. The van der Waals surface area contributed by atoms with E-state index in [9.17, 15) is 30.1 Å². The molecule has 0 aliphatic heterocycles. The molecule has 1 amide bonds. The van der Waals surface area contributed by atoms with Crippen LogP contribution in [0, 0.1) is 20.2 Å². The van der Waals surface area contributed by atoms with Crippen molar-refractivity contribution in [2.24, 2.45) is 5.10 Å². The van der Waals surface area contributed by atoms with Crippen molar-refractivity contribution in [3.05, 3.63) is 67.8 Å². The first-order valence-electron chi connectivity index (χ1n) is 7.03. The molecule has 2 rings (SSSR count). The van der Waals surface area contributed by atoms with E-state index in [1.165, 1.54) is 12.1 Å². The zero-order chi connectivity index (χ0) is 19.3. The first-order chi connectivity index (χ1) is 12.3. The van der Waals surface area contributed by atoms with Gasteiger partial charge in [0.2, 0.25) is 5.91 Å². The van der Waals surface area contributed by atoms with E-state index in [1.54, 1.807) is 0 Å². The number of nitro benzene ring substituents is 2. The summed E-state index contributed by atoms with van der Waals surface area (Å²) in [6, 6.07) is 6.73. The van der Waals surface area contributed by atoms with Gasteiger partial charge in [-0.3, -0.25) is 25.0 Å². The van der Waals surface area contributed by atoms with Crippen LogP contribution in [-0.4, -0.2) is 32.2 Å². The number of amides is 1. The average molecular weight is 360 g/mol. The lowest BCUT2D eigenvalue weighted by molar-refractivity contribution is -0.394. The van der Waals surface area contributed by atoms with E-state index < -0.39 is 33.5 Å². The lowest BCUT2D eigenvalue weighted by Gasteiger charge is -2.03. The minimum absolute atomic E-state index is 0.0132. The summed E-state index contributed by atoms with van der Waals surface area (Å²) in [6.07, 6.45) is 0.699. The number of nitro groups is 2. The molecule has 0 unspecified atom stereocenters. The van der Waals surface area contributed by atoms with Gasteiger partial charge in [0.25, 0.3) is 11.4 Å². The third kappa shape index (κ3) is 4.50. The van der Waals surface area contributed by atoms with Crippen LogP contribution in [0.1, 0.15) is 11.1 Å². The van der Waals surface area contributed by atoms with Gasteiger partial charge in [0.1, 0.15) is 11.5 Å². The van der Waals surface area contributed by atoms with Gasteiger partial charge in [0, 0.05) is 23.3 Å².